The summed E-state index contributed by atoms with van der Waals surface area (Å²) in [5.41, 5.74) is -0.472. The van der Waals surface area contributed by atoms with E-state index < -0.39 is 23.9 Å². The van der Waals surface area contributed by atoms with Crippen LogP contribution < -0.4 is 10.4 Å². The molecule has 2 aliphatic heterocycles. The molecule has 0 saturated carbocycles. The van der Waals surface area contributed by atoms with Gasteiger partial charge in [0.2, 0.25) is 0 Å². The first kappa shape index (κ1) is 22.4. The highest BCUT2D eigenvalue weighted by molar-refractivity contribution is 9.10. The standard InChI is InChI=1S/C20H31BBrN3O4/c1-18(2,3)27-17(26)25-12-10-24(11-13-25)16-15(14(22)8-9-23-16)21-28-19(4,5)20(6,7)29-21/h8-9H,10-13H2,1-7H3. The predicted octanol–water partition coefficient (Wildman–Crippen LogP) is 3.20. The molecule has 1 aromatic rings. The van der Waals surface area contributed by atoms with Crippen molar-refractivity contribution in [3.63, 3.8) is 0 Å². The summed E-state index contributed by atoms with van der Waals surface area (Å²) >= 11 is 3.66. The van der Waals surface area contributed by atoms with Crippen LogP contribution in [0, 0.1) is 0 Å². The maximum absolute atomic E-state index is 12.4. The van der Waals surface area contributed by atoms with E-state index in [4.69, 9.17) is 14.0 Å². The molecule has 3 rings (SSSR count). The number of anilines is 1. The van der Waals surface area contributed by atoms with Crippen LogP contribution in [0.5, 0.6) is 0 Å². The molecule has 9 heteroatoms. The number of piperazine rings is 1. The number of rotatable bonds is 2. The Labute approximate surface area is 182 Å². The molecule has 0 aliphatic carbocycles. The van der Waals surface area contributed by atoms with Crippen molar-refractivity contribution in [1.82, 2.24) is 9.88 Å². The molecule has 2 saturated heterocycles. The molecular weight excluding hydrogens is 437 g/mol. The Kier molecular flexibility index (Phi) is 5.97. The summed E-state index contributed by atoms with van der Waals surface area (Å²) in [6.07, 6.45) is 1.50. The quantitative estimate of drug-likeness (QED) is 0.622. The number of hydrogen-bond donors (Lipinski definition) is 0. The monoisotopic (exact) mass is 467 g/mol. The molecule has 0 N–H and O–H groups in total. The molecule has 29 heavy (non-hydrogen) atoms. The van der Waals surface area contributed by atoms with E-state index in [2.05, 4.69) is 25.8 Å². The van der Waals surface area contributed by atoms with Crippen molar-refractivity contribution in [2.24, 2.45) is 0 Å². The van der Waals surface area contributed by atoms with Crippen molar-refractivity contribution in [1.29, 1.82) is 0 Å². The number of carbonyl (C=O) groups excluding carboxylic acids is 1. The van der Waals surface area contributed by atoms with E-state index in [1.165, 1.54) is 0 Å². The first-order chi connectivity index (χ1) is 13.3. The smallest absolute Gasteiger partial charge is 0.444 e. The molecule has 1 amide bonds. The lowest BCUT2D eigenvalue weighted by atomic mass is 9.79. The highest BCUT2D eigenvalue weighted by atomic mass is 79.9. The lowest BCUT2D eigenvalue weighted by Gasteiger charge is -2.37. The molecule has 1 aromatic heterocycles. The fourth-order valence-corrected chi connectivity index (χ4v) is 3.78. The Morgan fingerprint density at radius 1 is 1.14 bits per heavy atom. The molecule has 0 atom stereocenters. The number of amides is 1. The molecule has 0 spiro atoms. The van der Waals surface area contributed by atoms with E-state index in [0.29, 0.717) is 26.2 Å². The van der Waals surface area contributed by atoms with Gasteiger partial charge in [0.05, 0.1) is 11.2 Å². The Bertz CT molecular complexity index is 757. The second-order valence-corrected chi connectivity index (χ2v) is 10.4. The average Bonchev–Trinajstić information content (AvgIpc) is 2.80. The van der Waals surface area contributed by atoms with Gasteiger partial charge in [-0.1, -0.05) is 15.9 Å². The zero-order valence-electron chi connectivity index (χ0n) is 18.4. The maximum atomic E-state index is 12.4. The van der Waals surface area contributed by atoms with Crippen molar-refractivity contribution in [2.75, 3.05) is 31.1 Å². The van der Waals surface area contributed by atoms with Crippen LogP contribution in [0.1, 0.15) is 48.5 Å². The van der Waals surface area contributed by atoms with Crippen molar-refractivity contribution >= 4 is 40.4 Å². The van der Waals surface area contributed by atoms with Gasteiger partial charge in [-0.15, -0.1) is 0 Å². The highest BCUT2D eigenvalue weighted by Crippen LogP contribution is 2.37. The minimum absolute atomic E-state index is 0.273. The predicted molar refractivity (Wildman–Crippen MR) is 118 cm³/mol. The zero-order valence-corrected chi connectivity index (χ0v) is 20.0. The number of pyridine rings is 1. The third-order valence-corrected chi connectivity index (χ3v) is 6.33. The fraction of sp³-hybridized carbons (Fsp3) is 0.700. The maximum Gasteiger partial charge on any atom is 0.499 e. The zero-order chi connectivity index (χ0) is 21.6. The Balaban J connectivity index is 1.77. The van der Waals surface area contributed by atoms with E-state index in [-0.39, 0.29) is 6.09 Å². The number of ether oxygens (including phenoxy) is 1. The van der Waals surface area contributed by atoms with Gasteiger partial charge in [-0.05, 0) is 54.5 Å². The minimum atomic E-state index is -0.512. The van der Waals surface area contributed by atoms with Crippen LogP contribution >= 0.6 is 15.9 Å². The second-order valence-electron chi connectivity index (χ2n) is 9.57. The molecular formula is C20H31BBrN3O4. The number of nitrogens with zero attached hydrogens (tertiary/aromatic N) is 3. The third kappa shape index (κ3) is 4.72. The summed E-state index contributed by atoms with van der Waals surface area (Å²) in [6.45, 7) is 16.3. The first-order valence-corrected chi connectivity index (χ1v) is 10.8. The summed E-state index contributed by atoms with van der Waals surface area (Å²) in [7, 11) is -0.512. The van der Waals surface area contributed by atoms with Crippen LogP contribution in [0.2, 0.25) is 0 Å². The lowest BCUT2D eigenvalue weighted by Crippen LogP contribution is -2.52. The van der Waals surface area contributed by atoms with Gasteiger partial charge in [-0.2, -0.15) is 0 Å². The van der Waals surface area contributed by atoms with Gasteiger partial charge in [0.15, 0.2) is 0 Å². The average molecular weight is 468 g/mol. The first-order valence-electron chi connectivity index (χ1n) is 10.0. The third-order valence-electron chi connectivity index (χ3n) is 5.64. The number of halogens is 1. The van der Waals surface area contributed by atoms with E-state index in [1.54, 1.807) is 11.1 Å². The Morgan fingerprint density at radius 2 is 1.69 bits per heavy atom. The van der Waals surface area contributed by atoms with E-state index in [9.17, 15) is 4.79 Å². The number of aromatic nitrogens is 1. The summed E-state index contributed by atoms with van der Waals surface area (Å²) in [4.78, 5) is 20.9. The van der Waals surface area contributed by atoms with E-state index in [0.717, 1.165) is 15.8 Å². The van der Waals surface area contributed by atoms with Crippen LogP contribution in [0.25, 0.3) is 0 Å². The van der Waals surface area contributed by atoms with Gasteiger partial charge in [0, 0.05) is 42.3 Å². The highest BCUT2D eigenvalue weighted by Gasteiger charge is 2.53. The summed E-state index contributed by atoms with van der Waals surface area (Å²) in [5, 5.41) is 0. The SMILES string of the molecule is CC(C)(C)OC(=O)N1CCN(c2nccc(Br)c2B2OC(C)(C)C(C)(C)O2)CC1. The molecule has 160 valence electrons. The van der Waals surface area contributed by atoms with E-state index in [1.807, 2.05) is 54.5 Å². The van der Waals surface area contributed by atoms with Gasteiger partial charge in [-0.3, -0.25) is 0 Å². The van der Waals surface area contributed by atoms with Crippen LogP contribution in [0.4, 0.5) is 10.6 Å². The van der Waals surface area contributed by atoms with Crippen LogP contribution in [0.3, 0.4) is 0 Å². The topological polar surface area (TPSA) is 64.1 Å². The number of hydrogen-bond acceptors (Lipinski definition) is 6. The molecule has 2 aliphatic rings. The van der Waals surface area contributed by atoms with E-state index >= 15 is 0 Å². The molecule has 2 fully saturated rings. The van der Waals surface area contributed by atoms with Crippen molar-refractivity contribution in [3.05, 3.63) is 16.7 Å². The molecule has 0 radical (unpaired) electrons. The second kappa shape index (κ2) is 7.74. The summed E-state index contributed by atoms with van der Waals surface area (Å²) < 4.78 is 18.9. The number of carbonyl (C=O) groups is 1. The summed E-state index contributed by atoms with van der Waals surface area (Å²) in [5.74, 6) is 0.821. The summed E-state index contributed by atoms with van der Waals surface area (Å²) in [6, 6.07) is 1.90. The minimum Gasteiger partial charge on any atom is -0.444 e. The molecule has 0 aromatic carbocycles. The van der Waals surface area contributed by atoms with Gasteiger partial charge in [0.1, 0.15) is 11.4 Å². The van der Waals surface area contributed by atoms with Gasteiger partial charge < -0.3 is 23.8 Å². The van der Waals surface area contributed by atoms with Crippen molar-refractivity contribution in [2.45, 2.75) is 65.3 Å². The molecule has 3 heterocycles. The van der Waals surface area contributed by atoms with Crippen LogP contribution in [-0.4, -0.2) is 66.1 Å². The molecule has 0 bridgehead atoms. The van der Waals surface area contributed by atoms with Crippen molar-refractivity contribution < 1.29 is 18.8 Å². The van der Waals surface area contributed by atoms with Gasteiger partial charge >= 0.3 is 13.2 Å². The normalized spacial score (nSPS) is 21.4. The fourth-order valence-electron chi connectivity index (χ4n) is 3.30. The Hall–Kier alpha value is -1.32. The van der Waals surface area contributed by atoms with Gasteiger partial charge in [0.25, 0.3) is 0 Å². The molecule has 0 unspecified atom stereocenters. The van der Waals surface area contributed by atoms with Crippen molar-refractivity contribution in [3.8, 4) is 0 Å². The largest absolute Gasteiger partial charge is 0.499 e. The lowest BCUT2D eigenvalue weighted by molar-refractivity contribution is 0.00578. The molecule has 7 nitrogen and oxygen atoms in total. The van der Waals surface area contributed by atoms with Crippen LogP contribution in [-0.2, 0) is 14.0 Å². The van der Waals surface area contributed by atoms with Gasteiger partial charge in [-0.25, -0.2) is 9.78 Å². The van der Waals surface area contributed by atoms with Crippen LogP contribution in [0.15, 0.2) is 16.7 Å². The Morgan fingerprint density at radius 3 is 2.21 bits per heavy atom.